The molecule has 3 rings (SSSR count). The van der Waals surface area contributed by atoms with Gasteiger partial charge in [0.15, 0.2) is 17.5 Å². The number of azo groups is 1. The number of rotatable bonds is 5. The van der Waals surface area contributed by atoms with E-state index in [4.69, 9.17) is 22.9 Å². The van der Waals surface area contributed by atoms with Crippen molar-refractivity contribution in [1.29, 1.82) is 0 Å². The number of hydrogen-bond donors (Lipinski definition) is 4. The SMILES string of the molecule is C=C(N)C(/N=N/c1ncn(-c2nc3ccccc3s2)n1)=C(/N)N=C(N)N. The molecule has 0 saturated heterocycles. The average molecular weight is 369 g/mol. The first-order valence-corrected chi connectivity index (χ1v) is 7.99. The van der Waals surface area contributed by atoms with Gasteiger partial charge >= 0.3 is 0 Å². The molecular weight excluding hydrogens is 354 g/mol. The van der Waals surface area contributed by atoms with Crippen LogP contribution in [0.1, 0.15) is 0 Å². The molecule has 8 N–H and O–H groups in total. The van der Waals surface area contributed by atoms with Crippen molar-refractivity contribution < 1.29 is 0 Å². The van der Waals surface area contributed by atoms with Gasteiger partial charge in [-0.15, -0.1) is 15.3 Å². The molecule has 0 radical (unpaired) electrons. The third-order valence-corrected chi connectivity index (χ3v) is 4.02. The lowest BCUT2D eigenvalue weighted by Crippen LogP contribution is -2.24. The van der Waals surface area contributed by atoms with Crippen LogP contribution in [0, 0.1) is 0 Å². The van der Waals surface area contributed by atoms with Gasteiger partial charge in [0.05, 0.1) is 15.9 Å². The van der Waals surface area contributed by atoms with E-state index in [1.807, 2.05) is 24.3 Å². The smallest absolute Gasteiger partial charge is 0.287 e. The number of guanidine groups is 1. The molecule has 3 aromatic rings. The molecule has 26 heavy (non-hydrogen) atoms. The Morgan fingerprint density at radius 1 is 1.15 bits per heavy atom. The maximum absolute atomic E-state index is 5.71. The number of para-hydroxylation sites is 1. The fourth-order valence-corrected chi connectivity index (χ4v) is 2.80. The zero-order valence-electron chi connectivity index (χ0n) is 13.4. The first-order valence-electron chi connectivity index (χ1n) is 7.17. The van der Waals surface area contributed by atoms with Gasteiger partial charge in [-0.25, -0.2) is 4.98 Å². The second-order valence-electron chi connectivity index (χ2n) is 4.95. The van der Waals surface area contributed by atoms with E-state index in [2.05, 4.69) is 36.9 Å². The molecule has 0 aliphatic carbocycles. The second kappa shape index (κ2) is 6.98. The van der Waals surface area contributed by atoms with Gasteiger partial charge in [-0.1, -0.05) is 30.0 Å². The minimum absolute atomic E-state index is 0.0229. The molecule has 0 bridgehead atoms. The van der Waals surface area contributed by atoms with E-state index in [0.717, 1.165) is 10.2 Å². The third kappa shape index (κ3) is 3.64. The summed E-state index contributed by atoms with van der Waals surface area (Å²) in [5, 5.41) is 12.6. The van der Waals surface area contributed by atoms with E-state index in [1.54, 1.807) is 0 Å². The highest BCUT2D eigenvalue weighted by Gasteiger charge is 2.09. The number of benzene rings is 1. The lowest BCUT2D eigenvalue weighted by atomic mass is 10.3. The Kier molecular flexibility index (Phi) is 4.57. The van der Waals surface area contributed by atoms with E-state index in [-0.39, 0.29) is 29.1 Å². The molecule has 2 heterocycles. The summed E-state index contributed by atoms with van der Waals surface area (Å²) in [7, 11) is 0. The number of aliphatic imine (C=N–C) groups is 1. The molecule has 0 spiro atoms. The number of thiazole rings is 1. The van der Waals surface area contributed by atoms with E-state index in [1.165, 1.54) is 22.3 Å². The van der Waals surface area contributed by atoms with Crippen LogP contribution in [0.5, 0.6) is 0 Å². The Balaban J connectivity index is 1.88. The fraction of sp³-hybridized carbons (Fsp3) is 0. The van der Waals surface area contributed by atoms with E-state index >= 15 is 0 Å². The maximum Gasteiger partial charge on any atom is 0.287 e. The molecule has 12 heteroatoms. The van der Waals surface area contributed by atoms with Crippen LogP contribution in [-0.4, -0.2) is 25.7 Å². The highest BCUT2D eigenvalue weighted by molar-refractivity contribution is 7.20. The molecule has 0 amide bonds. The normalized spacial score (nSPS) is 12.3. The average Bonchev–Trinajstić information content (AvgIpc) is 3.20. The molecule has 2 aromatic heterocycles. The Labute approximate surface area is 151 Å². The number of nitrogens with two attached hydrogens (primary N) is 4. The minimum Gasteiger partial charge on any atom is -0.397 e. The number of fused-ring (bicyclic) bond motifs is 1. The van der Waals surface area contributed by atoms with Gasteiger partial charge in [0.2, 0.25) is 5.13 Å². The summed E-state index contributed by atoms with van der Waals surface area (Å²) >= 11 is 1.47. The number of nitrogens with zero attached hydrogens (tertiary/aromatic N) is 7. The topological polar surface area (TPSA) is 185 Å². The lowest BCUT2D eigenvalue weighted by molar-refractivity contribution is 0.865. The highest BCUT2D eigenvalue weighted by Crippen LogP contribution is 2.24. The molecule has 0 unspecified atom stereocenters. The first kappa shape index (κ1) is 17.0. The molecule has 132 valence electrons. The van der Waals surface area contributed by atoms with Crippen molar-refractivity contribution in [3.05, 3.63) is 54.4 Å². The lowest BCUT2D eigenvalue weighted by Gasteiger charge is -2.01. The number of hydrogen-bond acceptors (Lipinski definition) is 9. The van der Waals surface area contributed by atoms with Crippen molar-refractivity contribution in [2.24, 2.45) is 38.2 Å². The second-order valence-corrected chi connectivity index (χ2v) is 5.96. The predicted molar refractivity (Wildman–Crippen MR) is 99.4 cm³/mol. The highest BCUT2D eigenvalue weighted by atomic mass is 32.1. The van der Waals surface area contributed by atoms with Crippen molar-refractivity contribution >= 4 is 33.5 Å². The standard InChI is InChI=1S/C14H15N11S/c1-7(15)10(11(16)21-12(17)18)22-23-13-19-6-25(24-13)14-20-8-4-2-3-5-9(8)26-14/h2-6H,1,15-16H2,(H4,17,18,21)/b11-10+,23-22+. The van der Waals surface area contributed by atoms with Crippen LogP contribution in [-0.2, 0) is 0 Å². The Bertz CT molecular complexity index is 1020. The van der Waals surface area contributed by atoms with Crippen LogP contribution in [0.2, 0.25) is 0 Å². The summed E-state index contributed by atoms with van der Waals surface area (Å²) in [5.74, 6) is -0.276. The van der Waals surface area contributed by atoms with Gasteiger partial charge in [-0.2, -0.15) is 14.7 Å². The largest absolute Gasteiger partial charge is 0.397 e. The van der Waals surface area contributed by atoms with Crippen LogP contribution in [0.15, 0.2) is 69.6 Å². The molecule has 0 atom stereocenters. The van der Waals surface area contributed by atoms with Crippen LogP contribution >= 0.6 is 11.3 Å². The Morgan fingerprint density at radius 2 is 1.92 bits per heavy atom. The van der Waals surface area contributed by atoms with Crippen molar-refractivity contribution in [3.63, 3.8) is 0 Å². The molecule has 0 saturated carbocycles. The van der Waals surface area contributed by atoms with Gasteiger partial charge in [0.1, 0.15) is 6.33 Å². The quantitative estimate of drug-likeness (QED) is 0.222. The van der Waals surface area contributed by atoms with Crippen LogP contribution < -0.4 is 22.9 Å². The van der Waals surface area contributed by atoms with E-state index in [0.29, 0.717) is 5.13 Å². The van der Waals surface area contributed by atoms with Gasteiger partial charge in [0, 0.05) is 0 Å². The summed E-state index contributed by atoms with van der Waals surface area (Å²) < 4.78 is 2.54. The van der Waals surface area contributed by atoms with Crippen molar-refractivity contribution in [3.8, 4) is 5.13 Å². The summed E-state index contributed by atoms with van der Waals surface area (Å²) in [6, 6.07) is 7.76. The summed E-state index contributed by atoms with van der Waals surface area (Å²) in [4.78, 5) is 12.2. The van der Waals surface area contributed by atoms with Crippen molar-refractivity contribution in [2.75, 3.05) is 0 Å². The molecule has 1 aromatic carbocycles. The molecule has 0 aliphatic heterocycles. The predicted octanol–water partition coefficient (Wildman–Crippen LogP) is 0.834. The summed E-state index contributed by atoms with van der Waals surface area (Å²) in [6.45, 7) is 3.55. The van der Waals surface area contributed by atoms with E-state index < -0.39 is 0 Å². The molecule has 0 fully saturated rings. The zero-order valence-corrected chi connectivity index (χ0v) is 14.3. The van der Waals surface area contributed by atoms with Crippen molar-refractivity contribution in [2.45, 2.75) is 0 Å². The monoisotopic (exact) mass is 369 g/mol. The van der Waals surface area contributed by atoms with Gasteiger partial charge in [0.25, 0.3) is 5.95 Å². The Hall–Kier alpha value is -3.80. The summed E-state index contributed by atoms with van der Waals surface area (Å²) in [6.07, 6.45) is 1.48. The van der Waals surface area contributed by atoms with Gasteiger partial charge < -0.3 is 22.9 Å². The zero-order chi connectivity index (χ0) is 18.7. The van der Waals surface area contributed by atoms with Crippen LogP contribution in [0.3, 0.4) is 0 Å². The fourth-order valence-electron chi connectivity index (χ4n) is 1.92. The summed E-state index contributed by atoms with van der Waals surface area (Å²) in [5.41, 5.74) is 22.8. The third-order valence-electron chi connectivity index (χ3n) is 2.99. The maximum atomic E-state index is 5.71. The van der Waals surface area contributed by atoms with Crippen LogP contribution in [0.4, 0.5) is 5.95 Å². The number of aromatic nitrogens is 4. The Morgan fingerprint density at radius 3 is 2.62 bits per heavy atom. The first-order chi connectivity index (χ1) is 12.4. The van der Waals surface area contributed by atoms with E-state index in [9.17, 15) is 0 Å². The molecular formula is C14H15N11S. The molecule has 11 nitrogen and oxygen atoms in total. The van der Waals surface area contributed by atoms with Gasteiger partial charge in [-0.3, -0.25) is 0 Å². The van der Waals surface area contributed by atoms with Crippen LogP contribution in [0.25, 0.3) is 15.3 Å². The van der Waals surface area contributed by atoms with Crippen molar-refractivity contribution in [1.82, 2.24) is 19.7 Å². The molecule has 0 aliphatic rings. The minimum atomic E-state index is -0.241. The van der Waals surface area contributed by atoms with Gasteiger partial charge in [-0.05, 0) is 12.1 Å².